The lowest BCUT2D eigenvalue weighted by molar-refractivity contribution is 0.122. The van der Waals surface area contributed by atoms with E-state index >= 15 is 0 Å². The first-order valence-electron chi connectivity index (χ1n) is 8.53. The highest BCUT2D eigenvalue weighted by Crippen LogP contribution is 2.27. The van der Waals surface area contributed by atoms with Crippen molar-refractivity contribution in [2.75, 3.05) is 36.9 Å². The summed E-state index contributed by atoms with van der Waals surface area (Å²) in [5.41, 5.74) is 10.6. The molecule has 1 aliphatic heterocycles. The van der Waals surface area contributed by atoms with E-state index in [1.54, 1.807) is 0 Å². The molecule has 1 aromatic heterocycles. The van der Waals surface area contributed by atoms with Crippen LogP contribution >= 0.6 is 11.6 Å². The third-order valence-corrected chi connectivity index (χ3v) is 4.64. The first-order chi connectivity index (χ1) is 12.7. The molecule has 0 saturated carbocycles. The summed E-state index contributed by atoms with van der Waals surface area (Å²) in [5.74, 6) is 0.245. The van der Waals surface area contributed by atoms with Crippen molar-refractivity contribution in [2.45, 2.75) is 0 Å². The molecule has 0 aliphatic carbocycles. The summed E-state index contributed by atoms with van der Waals surface area (Å²) in [6, 6.07) is 17.8. The Hall–Kier alpha value is -2.63. The summed E-state index contributed by atoms with van der Waals surface area (Å²) in [4.78, 5) is 11.1. The highest BCUT2D eigenvalue weighted by molar-refractivity contribution is 6.30. The molecule has 1 saturated heterocycles. The van der Waals surface area contributed by atoms with Crippen molar-refractivity contribution in [3.05, 3.63) is 59.6 Å². The second-order valence-corrected chi connectivity index (χ2v) is 6.59. The number of benzene rings is 2. The van der Waals surface area contributed by atoms with E-state index in [-0.39, 0.29) is 5.95 Å². The van der Waals surface area contributed by atoms with Crippen LogP contribution < -0.4 is 10.6 Å². The fraction of sp³-hybridized carbons (Fsp3) is 0.200. The average molecular weight is 367 g/mol. The second kappa shape index (κ2) is 7.32. The summed E-state index contributed by atoms with van der Waals surface area (Å²) in [6.45, 7) is 3.37. The van der Waals surface area contributed by atoms with Crippen molar-refractivity contribution in [2.24, 2.45) is 0 Å². The predicted octanol–water partition coefficient (Wildman–Crippen LogP) is 3.88. The molecule has 5 nitrogen and oxygen atoms in total. The summed E-state index contributed by atoms with van der Waals surface area (Å²) >= 11 is 6.09. The summed E-state index contributed by atoms with van der Waals surface area (Å²) in [6.07, 6.45) is 0. The normalized spacial score (nSPS) is 14.4. The van der Waals surface area contributed by atoms with Crippen molar-refractivity contribution in [1.82, 2.24) is 9.97 Å². The van der Waals surface area contributed by atoms with Gasteiger partial charge in [0.15, 0.2) is 0 Å². The number of nitrogens with zero attached hydrogens (tertiary/aromatic N) is 3. The van der Waals surface area contributed by atoms with Gasteiger partial charge in [0, 0.05) is 34.9 Å². The van der Waals surface area contributed by atoms with Gasteiger partial charge in [-0.1, -0.05) is 35.9 Å². The number of aromatic nitrogens is 2. The Morgan fingerprint density at radius 1 is 0.885 bits per heavy atom. The van der Waals surface area contributed by atoms with Crippen molar-refractivity contribution >= 4 is 23.2 Å². The molecule has 6 heteroatoms. The zero-order chi connectivity index (χ0) is 17.9. The topological polar surface area (TPSA) is 64.3 Å². The smallest absolute Gasteiger partial charge is 0.221 e. The monoisotopic (exact) mass is 366 g/mol. The van der Waals surface area contributed by atoms with Crippen LogP contribution in [0.3, 0.4) is 0 Å². The third kappa shape index (κ3) is 3.64. The van der Waals surface area contributed by atoms with Gasteiger partial charge in [-0.3, -0.25) is 0 Å². The molecule has 2 N–H and O–H groups in total. The van der Waals surface area contributed by atoms with E-state index in [1.807, 2.05) is 30.3 Å². The average Bonchev–Trinajstić information content (AvgIpc) is 2.68. The molecule has 1 aliphatic rings. The summed E-state index contributed by atoms with van der Waals surface area (Å²) < 4.78 is 5.41. The lowest BCUT2D eigenvalue weighted by Crippen LogP contribution is -2.36. The van der Waals surface area contributed by atoms with Crippen molar-refractivity contribution < 1.29 is 4.74 Å². The minimum absolute atomic E-state index is 0.245. The SMILES string of the molecule is Nc1nc(-c2ccc(N3CCOCC3)cc2)cc(-c2cccc(Cl)c2)n1. The molecule has 132 valence electrons. The number of anilines is 2. The van der Waals surface area contributed by atoms with Gasteiger partial charge in [0.1, 0.15) is 0 Å². The Balaban J connectivity index is 1.65. The number of nitrogen functional groups attached to an aromatic ring is 1. The van der Waals surface area contributed by atoms with E-state index < -0.39 is 0 Å². The van der Waals surface area contributed by atoms with Crippen molar-refractivity contribution in [3.8, 4) is 22.5 Å². The Morgan fingerprint density at radius 3 is 2.27 bits per heavy atom. The molecule has 0 amide bonds. The van der Waals surface area contributed by atoms with E-state index in [0.29, 0.717) is 5.02 Å². The lowest BCUT2D eigenvalue weighted by atomic mass is 10.1. The third-order valence-electron chi connectivity index (χ3n) is 4.40. The molecule has 26 heavy (non-hydrogen) atoms. The number of ether oxygens (including phenoxy) is 1. The molecule has 0 bridgehead atoms. The number of rotatable bonds is 3. The standard InChI is InChI=1S/C20H19ClN4O/c21-16-3-1-2-15(12-16)19-13-18(23-20(22)24-19)14-4-6-17(7-5-14)25-8-10-26-11-9-25/h1-7,12-13H,8-11H2,(H2,22,23,24). The van der Waals surface area contributed by atoms with E-state index in [9.17, 15) is 0 Å². The Labute approximate surface area is 157 Å². The maximum Gasteiger partial charge on any atom is 0.221 e. The second-order valence-electron chi connectivity index (χ2n) is 6.15. The van der Waals surface area contributed by atoms with Crippen LogP contribution in [-0.2, 0) is 4.74 Å². The number of nitrogens with two attached hydrogens (primary N) is 1. The van der Waals surface area contributed by atoms with Gasteiger partial charge in [-0.05, 0) is 30.3 Å². The van der Waals surface area contributed by atoms with Crippen LogP contribution in [-0.4, -0.2) is 36.3 Å². The number of halogens is 1. The zero-order valence-electron chi connectivity index (χ0n) is 14.2. The number of hydrogen-bond acceptors (Lipinski definition) is 5. The molecular formula is C20H19ClN4O. The number of hydrogen-bond donors (Lipinski definition) is 1. The van der Waals surface area contributed by atoms with E-state index in [0.717, 1.165) is 48.8 Å². The minimum atomic E-state index is 0.245. The molecule has 4 rings (SSSR count). The van der Waals surface area contributed by atoms with Crippen LogP contribution in [0.2, 0.25) is 5.02 Å². The predicted molar refractivity (Wildman–Crippen MR) is 105 cm³/mol. The van der Waals surface area contributed by atoms with Crippen LogP contribution in [0.5, 0.6) is 0 Å². The van der Waals surface area contributed by atoms with Crippen LogP contribution in [0, 0.1) is 0 Å². The van der Waals surface area contributed by atoms with Crippen molar-refractivity contribution in [3.63, 3.8) is 0 Å². The highest BCUT2D eigenvalue weighted by atomic mass is 35.5. The fourth-order valence-corrected chi connectivity index (χ4v) is 3.26. The lowest BCUT2D eigenvalue weighted by Gasteiger charge is -2.28. The van der Waals surface area contributed by atoms with E-state index in [2.05, 4.69) is 39.1 Å². The van der Waals surface area contributed by atoms with E-state index in [4.69, 9.17) is 22.1 Å². The number of morpholine rings is 1. The minimum Gasteiger partial charge on any atom is -0.378 e. The Kier molecular flexibility index (Phi) is 4.73. The van der Waals surface area contributed by atoms with Gasteiger partial charge < -0.3 is 15.4 Å². The van der Waals surface area contributed by atoms with Gasteiger partial charge in [-0.2, -0.15) is 0 Å². The van der Waals surface area contributed by atoms with Crippen LogP contribution in [0.15, 0.2) is 54.6 Å². The van der Waals surface area contributed by atoms with Gasteiger partial charge in [0.2, 0.25) is 5.95 Å². The zero-order valence-corrected chi connectivity index (χ0v) is 15.0. The molecule has 0 radical (unpaired) electrons. The molecule has 2 heterocycles. The van der Waals surface area contributed by atoms with Gasteiger partial charge in [0.05, 0.1) is 24.6 Å². The van der Waals surface area contributed by atoms with E-state index in [1.165, 1.54) is 5.69 Å². The molecule has 0 unspecified atom stereocenters. The molecule has 2 aromatic carbocycles. The molecule has 0 atom stereocenters. The van der Waals surface area contributed by atoms with Crippen LogP contribution in [0.1, 0.15) is 0 Å². The maximum absolute atomic E-state index is 6.09. The van der Waals surface area contributed by atoms with Gasteiger partial charge in [-0.15, -0.1) is 0 Å². The highest BCUT2D eigenvalue weighted by Gasteiger charge is 2.12. The quantitative estimate of drug-likeness (QED) is 0.762. The van der Waals surface area contributed by atoms with Gasteiger partial charge in [0.25, 0.3) is 0 Å². The largest absolute Gasteiger partial charge is 0.378 e. The Bertz CT molecular complexity index is 908. The Morgan fingerprint density at radius 2 is 1.58 bits per heavy atom. The van der Waals surface area contributed by atoms with Gasteiger partial charge in [-0.25, -0.2) is 9.97 Å². The summed E-state index contributed by atoms with van der Waals surface area (Å²) in [7, 11) is 0. The fourth-order valence-electron chi connectivity index (χ4n) is 3.07. The molecule has 0 spiro atoms. The van der Waals surface area contributed by atoms with Gasteiger partial charge >= 0.3 is 0 Å². The molecular weight excluding hydrogens is 348 g/mol. The first-order valence-corrected chi connectivity index (χ1v) is 8.90. The first kappa shape index (κ1) is 16.8. The maximum atomic E-state index is 6.09. The van der Waals surface area contributed by atoms with Crippen LogP contribution in [0.4, 0.5) is 11.6 Å². The molecule has 3 aromatic rings. The summed E-state index contributed by atoms with van der Waals surface area (Å²) in [5, 5.41) is 0.663. The van der Waals surface area contributed by atoms with Crippen LogP contribution in [0.25, 0.3) is 22.5 Å². The van der Waals surface area contributed by atoms with Crippen molar-refractivity contribution in [1.29, 1.82) is 0 Å². The molecule has 1 fully saturated rings.